The predicted octanol–water partition coefficient (Wildman–Crippen LogP) is 2.71. The summed E-state index contributed by atoms with van der Waals surface area (Å²) in [4.78, 5) is 2.08. The molecule has 1 atom stereocenters. The summed E-state index contributed by atoms with van der Waals surface area (Å²) in [5, 5.41) is 10.3. The second-order valence-electron chi connectivity index (χ2n) is 5.03. The molecule has 0 spiro atoms. The normalized spacial score (nSPS) is 12.4. The van der Waals surface area contributed by atoms with Crippen LogP contribution >= 0.6 is 0 Å². The molecular weight excluding hydrogens is 250 g/mol. The Morgan fingerprint density at radius 2 is 1.55 bits per heavy atom. The first-order valence-corrected chi connectivity index (χ1v) is 6.77. The van der Waals surface area contributed by atoms with Gasteiger partial charge < -0.3 is 14.7 Å². The van der Waals surface area contributed by atoms with Gasteiger partial charge in [0.05, 0.1) is 0 Å². The Labute approximate surface area is 120 Å². The standard InChI is InChI=1S/C17H21NO2/c1-18(2)12-13-20-16-10-8-15(9-11-16)17(19)14-6-4-3-5-7-14/h3-11,17,19H,12-13H2,1-2H3. The van der Waals surface area contributed by atoms with Crippen LogP contribution in [0.15, 0.2) is 54.6 Å². The number of aliphatic hydroxyl groups is 1. The first-order valence-electron chi connectivity index (χ1n) is 6.77. The van der Waals surface area contributed by atoms with E-state index in [1.807, 2.05) is 68.7 Å². The maximum Gasteiger partial charge on any atom is 0.119 e. The van der Waals surface area contributed by atoms with E-state index in [2.05, 4.69) is 4.90 Å². The van der Waals surface area contributed by atoms with E-state index in [4.69, 9.17) is 4.74 Å². The van der Waals surface area contributed by atoms with Gasteiger partial charge >= 0.3 is 0 Å². The number of nitrogens with zero attached hydrogens (tertiary/aromatic N) is 1. The third-order valence-corrected chi connectivity index (χ3v) is 3.12. The number of likely N-dealkylation sites (N-methyl/N-ethyl adjacent to an activating group) is 1. The number of aliphatic hydroxyl groups excluding tert-OH is 1. The summed E-state index contributed by atoms with van der Waals surface area (Å²) in [6.45, 7) is 1.54. The van der Waals surface area contributed by atoms with Crippen molar-refractivity contribution in [3.8, 4) is 5.75 Å². The highest BCUT2D eigenvalue weighted by atomic mass is 16.5. The quantitative estimate of drug-likeness (QED) is 0.877. The van der Waals surface area contributed by atoms with E-state index in [0.29, 0.717) is 6.61 Å². The molecule has 0 fully saturated rings. The molecule has 0 bridgehead atoms. The van der Waals surface area contributed by atoms with Crippen molar-refractivity contribution in [1.82, 2.24) is 4.90 Å². The van der Waals surface area contributed by atoms with Crippen LogP contribution < -0.4 is 4.74 Å². The molecule has 1 N–H and O–H groups in total. The van der Waals surface area contributed by atoms with Gasteiger partial charge in [-0.3, -0.25) is 0 Å². The molecular formula is C17H21NO2. The van der Waals surface area contributed by atoms with Gasteiger partial charge in [0.25, 0.3) is 0 Å². The second kappa shape index (κ2) is 7.08. The van der Waals surface area contributed by atoms with Gasteiger partial charge in [-0.05, 0) is 37.4 Å². The maximum absolute atomic E-state index is 10.3. The molecule has 2 rings (SSSR count). The highest BCUT2D eigenvalue weighted by Crippen LogP contribution is 2.23. The van der Waals surface area contributed by atoms with Gasteiger partial charge in [-0.2, -0.15) is 0 Å². The van der Waals surface area contributed by atoms with E-state index in [0.717, 1.165) is 23.4 Å². The zero-order chi connectivity index (χ0) is 14.4. The molecule has 0 aromatic heterocycles. The molecule has 2 aromatic carbocycles. The van der Waals surface area contributed by atoms with Crippen LogP contribution in [0, 0.1) is 0 Å². The van der Waals surface area contributed by atoms with Crippen LogP contribution in [0.5, 0.6) is 5.75 Å². The minimum Gasteiger partial charge on any atom is -0.492 e. The van der Waals surface area contributed by atoms with Crippen LogP contribution in [0.2, 0.25) is 0 Å². The van der Waals surface area contributed by atoms with E-state index < -0.39 is 6.10 Å². The molecule has 3 heteroatoms. The lowest BCUT2D eigenvalue weighted by Gasteiger charge is -2.13. The largest absolute Gasteiger partial charge is 0.492 e. The molecule has 0 saturated carbocycles. The van der Waals surface area contributed by atoms with Crippen molar-refractivity contribution in [3.63, 3.8) is 0 Å². The topological polar surface area (TPSA) is 32.7 Å². The van der Waals surface area contributed by atoms with Crippen molar-refractivity contribution in [2.75, 3.05) is 27.2 Å². The molecule has 0 aliphatic heterocycles. The minimum atomic E-state index is -0.591. The second-order valence-corrected chi connectivity index (χ2v) is 5.03. The highest BCUT2D eigenvalue weighted by Gasteiger charge is 2.09. The van der Waals surface area contributed by atoms with Gasteiger partial charge in [-0.1, -0.05) is 42.5 Å². The summed E-state index contributed by atoms with van der Waals surface area (Å²) in [6, 6.07) is 17.3. The maximum atomic E-state index is 10.3. The van der Waals surface area contributed by atoms with Crippen LogP contribution in [0.4, 0.5) is 0 Å². The summed E-state index contributed by atoms with van der Waals surface area (Å²) < 4.78 is 5.63. The van der Waals surface area contributed by atoms with E-state index in [9.17, 15) is 5.11 Å². The molecule has 0 heterocycles. The summed E-state index contributed by atoms with van der Waals surface area (Å²) in [6.07, 6.45) is -0.591. The number of benzene rings is 2. The molecule has 0 aliphatic carbocycles. The number of hydrogen-bond acceptors (Lipinski definition) is 3. The van der Waals surface area contributed by atoms with Gasteiger partial charge in [-0.25, -0.2) is 0 Å². The Morgan fingerprint density at radius 3 is 2.15 bits per heavy atom. The molecule has 3 nitrogen and oxygen atoms in total. The van der Waals surface area contributed by atoms with E-state index in [1.54, 1.807) is 0 Å². The Kier molecular flexibility index (Phi) is 5.16. The van der Waals surface area contributed by atoms with Crippen molar-refractivity contribution in [2.24, 2.45) is 0 Å². The summed E-state index contributed by atoms with van der Waals surface area (Å²) in [7, 11) is 4.03. The Bertz CT molecular complexity index is 508. The smallest absolute Gasteiger partial charge is 0.119 e. The number of rotatable bonds is 6. The molecule has 1 unspecified atom stereocenters. The fraction of sp³-hybridized carbons (Fsp3) is 0.294. The molecule has 106 valence electrons. The summed E-state index contributed by atoms with van der Waals surface area (Å²) in [5.74, 6) is 0.830. The highest BCUT2D eigenvalue weighted by molar-refractivity contribution is 5.33. The summed E-state index contributed by atoms with van der Waals surface area (Å²) in [5.41, 5.74) is 1.77. The number of hydrogen-bond donors (Lipinski definition) is 1. The van der Waals surface area contributed by atoms with Gasteiger partial charge in [0.2, 0.25) is 0 Å². The van der Waals surface area contributed by atoms with E-state index in [-0.39, 0.29) is 0 Å². The van der Waals surface area contributed by atoms with Crippen LogP contribution in [-0.4, -0.2) is 37.3 Å². The zero-order valence-corrected chi connectivity index (χ0v) is 12.0. The third-order valence-electron chi connectivity index (χ3n) is 3.12. The molecule has 0 aliphatic rings. The van der Waals surface area contributed by atoms with Crippen LogP contribution in [-0.2, 0) is 0 Å². The van der Waals surface area contributed by atoms with Crippen molar-refractivity contribution in [1.29, 1.82) is 0 Å². The molecule has 0 amide bonds. The average molecular weight is 271 g/mol. The Balaban J connectivity index is 1.97. The van der Waals surface area contributed by atoms with Crippen molar-refractivity contribution in [2.45, 2.75) is 6.10 Å². The zero-order valence-electron chi connectivity index (χ0n) is 12.0. The first kappa shape index (κ1) is 14.6. The average Bonchev–Trinajstić information content (AvgIpc) is 2.48. The Morgan fingerprint density at radius 1 is 0.950 bits per heavy atom. The molecule has 20 heavy (non-hydrogen) atoms. The lowest BCUT2D eigenvalue weighted by Crippen LogP contribution is -2.19. The predicted molar refractivity (Wildman–Crippen MR) is 81.0 cm³/mol. The van der Waals surface area contributed by atoms with Crippen molar-refractivity contribution < 1.29 is 9.84 Å². The fourth-order valence-corrected chi connectivity index (χ4v) is 1.92. The van der Waals surface area contributed by atoms with Crippen molar-refractivity contribution >= 4 is 0 Å². The van der Waals surface area contributed by atoms with E-state index >= 15 is 0 Å². The summed E-state index contributed by atoms with van der Waals surface area (Å²) >= 11 is 0. The molecule has 2 aromatic rings. The molecule has 0 saturated heterocycles. The third kappa shape index (κ3) is 4.08. The number of ether oxygens (including phenoxy) is 1. The van der Waals surface area contributed by atoms with Gasteiger partial charge in [0.1, 0.15) is 18.5 Å². The van der Waals surface area contributed by atoms with Gasteiger partial charge in [0, 0.05) is 6.54 Å². The van der Waals surface area contributed by atoms with Crippen LogP contribution in [0.1, 0.15) is 17.2 Å². The van der Waals surface area contributed by atoms with Gasteiger partial charge in [0.15, 0.2) is 0 Å². The lowest BCUT2D eigenvalue weighted by atomic mass is 10.0. The van der Waals surface area contributed by atoms with Gasteiger partial charge in [-0.15, -0.1) is 0 Å². The Hall–Kier alpha value is -1.84. The van der Waals surface area contributed by atoms with Crippen LogP contribution in [0.25, 0.3) is 0 Å². The molecule has 0 radical (unpaired) electrons. The van der Waals surface area contributed by atoms with Crippen LogP contribution in [0.3, 0.4) is 0 Å². The lowest BCUT2D eigenvalue weighted by molar-refractivity contribution is 0.220. The van der Waals surface area contributed by atoms with Crippen molar-refractivity contribution in [3.05, 3.63) is 65.7 Å². The SMILES string of the molecule is CN(C)CCOc1ccc(C(O)c2ccccc2)cc1. The minimum absolute atomic E-state index is 0.591. The monoisotopic (exact) mass is 271 g/mol. The van der Waals surface area contributed by atoms with E-state index in [1.165, 1.54) is 0 Å². The first-order chi connectivity index (χ1) is 9.66. The fourth-order valence-electron chi connectivity index (χ4n) is 1.92.